The average molecular weight is 316 g/mol. The van der Waals surface area contributed by atoms with Crippen molar-refractivity contribution in [3.05, 3.63) is 11.8 Å². The van der Waals surface area contributed by atoms with Crippen molar-refractivity contribution in [2.24, 2.45) is 5.92 Å². The first kappa shape index (κ1) is 18.1. The van der Waals surface area contributed by atoms with E-state index in [0.29, 0.717) is 18.7 Å². The van der Waals surface area contributed by atoms with E-state index in [-0.39, 0.29) is 17.0 Å². The van der Waals surface area contributed by atoms with Gasteiger partial charge in [0.1, 0.15) is 0 Å². The van der Waals surface area contributed by atoms with Crippen LogP contribution in [0.2, 0.25) is 0 Å². The monoisotopic (exact) mass is 316 g/mol. The minimum absolute atomic E-state index is 0.0860. The highest BCUT2D eigenvalue weighted by molar-refractivity contribution is 7.89. The molecule has 0 amide bonds. The molecule has 1 rings (SSSR count). The van der Waals surface area contributed by atoms with Gasteiger partial charge in [0.2, 0.25) is 0 Å². The Labute approximate surface area is 128 Å². The fraction of sp³-hybridized carbons (Fsp3) is 0.786. The average Bonchev–Trinajstić information content (AvgIpc) is 2.84. The molecule has 0 aliphatic carbocycles. The summed E-state index contributed by atoms with van der Waals surface area (Å²) < 4.78 is 27.2. The number of sulfonamides is 1. The molecule has 0 unspecified atom stereocenters. The molecule has 0 aliphatic rings. The predicted molar refractivity (Wildman–Crippen MR) is 84.5 cm³/mol. The Morgan fingerprint density at radius 1 is 1.33 bits per heavy atom. The molecule has 0 fully saturated rings. The molecule has 0 aromatic carbocycles. The van der Waals surface area contributed by atoms with Gasteiger partial charge in [0, 0.05) is 24.7 Å². The Morgan fingerprint density at radius 2 is 2.00 bits per heavy atom. The standard InChI is InChI=1S/C14H28N4O2S/c1-6-7-15-8-13-9-16-17-14(13)21(19,20)18(12(4)5)10-11(2)3/h9,11-12,15H,6-8,10H2,1-5H3,(H,16,17). The van der Waals surface area contributed by atoms with Gasteiger partial charge in [-0.25, -0.2) is 8.42 Å². The number of aromatic amines is 1. The van der Waals surface area contributed by atoms with Crippen molar-refractivity contribution >= 4 is 10.0 Å². The lowest BCUT2D eigenvalue weighted by molar-refractivity contribution is 0.317. The fourth-order valence-electron chi connectivity index (χ4n) is 2.11. The van der Waals surface area contributed by atoms with E-state index in [1.54, 1.807) is 6.20 Å². The van der Waals surface area contributed by atoms with E-state index in [1.807, 2.05) is 27.7 Å². The van der Waals surface area contributed by atoms with Crippen LogP contribution in [0, 0.1) is 5.92 Å². The van der Waals surface area contributed by atoms with Gasteiger partial charge in [-0.1, -0.05) is 20.8 Å². The van der Waals surface area contributed by atoms with E-state index in [4.69, 9.17) is 0 Å². The smallest absolute Gasteiger partial charge is 0.260 e. The Bertz CT molecular complexity index is 523. The van der Waals surface area contributed by atoms with Crippen LogP contribution in [-0.4, -0.2) is 42.1 Å². The SMILES string of the molecule is CCCNCc1cn[nH]c1S(=O)(=O)N(CC(C)C)C(C)C. The topological polar surface area (TPSA) is 78.1 Å². The van der Waals surface area contributed by atoms with E-state index in [2.05, 4.69) is 22.4 Å². The summed E-state index contributed by atoms with van der Waals surface area (Å²) in [5.41, 5.74) is 0.692. The first-order valence-electron chi connectivity index (χ1n) is 7.55. The van der Waals surface area contributed by atoms with Gasteiger partial charge in [-0.2, -0.15) is 9.40 Å². The van der Waals surface area contributed by atoms with Crippen molar-refractivity contribution in [2.45, 2.75) is 58.7 Å². The minimum atomic E-state index is -3.54. The van der Waals surface area contributed by atoms with Crippen molar-refractivity contribution in [3.8, 4) is 0 Å². The normalized spacial score (nSPS) is 12.8. The number of nitrogens with one attached hydrogen (secondary N) is 2. The van der Waals surface area contributed by atoms with Crippen molar-refractivity contribution in [1.82, 2.24) is 19.8 Å². The molecule has 0 radical (unpaired) electrons. The molecule has 0 bridgehead atoms. The fourth-order valence-corrected chi connectivity index (χ4v) is 4.02. The van der Waals surface area contributed by atoms with Crippen molar-refractivity contribution in [2.75, 3.05) is 13.1 Å². The van der Waals surface area contributed by atoms with Crippen LogP contribution >= 0.6 is 0 Å². The lowest BCUT2D eigenvalue weighted by Gasteiger charge is -2.27. The van der Waals surface area contributed by atoms with Gasteiger partial charge in [-0.05, 0) is 32.7 Å². The van der Waals surface area contributed by atoms with E-state index in [0.717, 1.165) is 13.0 Å². The quantitative estimate of drug-likeness (QED) is 0.683. The van der Waals surface area contributed by atoms with E-state index in [9.17, 15) is 8.42 Å². The van der Waals surface area contributed by atoms with Crippen molar-refractivity contribution in [1.29, 1.82) is 0 Å². The Balaban J connectivity index is 3.03. The number of aromatic nitrogens is 2. The molecule has 21 heavy (non-hydrogen) atoms. The van der Waals surface area contributed by atoms with Crippen molar-refractivity contribution < 1.29 is 8.42 Å². The number of nitrogens with zero attached hydrogens (tertiary/aromatic N) is 2. The third-order valence-corrected chi connectivity index (χ3v) is 5.17. The van der Waals surface area contributed by atoms with Gasteiger partial charge >= 0.3 is 0 Å². The molecule has 0 atom stereocenters. The highest BCUT2D eigenvalue weighted by atomic mass is 32.2. The van der Waals surface area contributed by atoms with E-state index in [1.165, 1.54) is 4.31 Å². The number of H-pyrrole nitrogens is 1. The summed E-state index contributed by atoms with van der Waals surface area (Å²) in [6, 6.07) is -0.0860. The minimum Gasteiger partial charge on any atom is -0.313 e. The van der Waals surface area contributed by atoms with Crippen LogP contribution in [0.5, 0.6) is 0 Å². The summed E-state index contributed by atoms with van der Waals surface area (Å²) in [6.45, 7) is 11.8. The molecule has 1 aromatic heterocycles. The zero-order chi connectivity index (χ0) is 16.0. The molecule has 7 heteroatoms. The van der Waals surface area contributed by atoms with Crippen molar-refractivity contribution in [3.63, 3.8) is 0 Å². The maximum absolute atomic E-state index is 12.9. The third kappa shape index (κ3) is 4.79. The molecular formula is C14H28N4O2S. The zero-order valence-corrected chi connectivity index (χ0v) is 14.5. The molecule has 6 nitrogen and oxygen atoms in total. The molecule has 0 saturated carbocycles. The second kappa shape index (κ2) is 7.91. The Hall–Kier alpha value is -0.920. The second-order valence-electron chi connectivity index (χ2n) is 5.96. The predicted octanol–water partition coefficient (Wildman–Crippen LogP) is 1.96. The van der Waals surface area contributed by atoms with Crippen LogP contribution in [0.15, 0.2) is 11.2 Å². The number of rotatable bonds is 9. The molecule has 1 aromatic rings. The molecule has 1 heterocycles. The first-order chi connectivity index (χ1) is 9.80. The molecule has 0 saturated heterocycles. The highest BCUT2D eigenvalue weighted by Crippen LogP contribution is 2.21. The van der Waals surface area contributed by atoms with Gasteiger partial charge in [0.05, 0.1) is 6.20 Å². The van der Waals surface area contributed by atoms with Crippen LogP contribution in [0.1, 0.15) is 46.6 Å². The van der Waals surface area contributed by atoms with Crippen LogP contribution < -0.4 is 5.32 Å². The summed E-state index contributed by atoms with van der Waals surface area (Å²) >= 11 is 0. The Kier molecular flexibility index (Phi) is 6.83. The molecular weight excluding hydrogens is 288 g/mol. The molecule has 0 aliphatic heterocycles. The summed E-state index contributed by atoms with van der Waals surface area (Å²) in [6.07, 6.45) is 2.59. The van der Waals surface area contributed by atoms with E-state index >= 15 is 0 Å². The van der Waals surface area contributed by atoms with Crippen LogP contribution in [0.3, 0.4) is 0 Å². The largest absolute Gasteiger partial charge is 0.313 e. The first-order valence-corrected chi connectivity index (χ1v) is 8.99. The number of hydrogen-bond acceptors (Lipinski definition) is 4. The summed E-state index contributed by atoms with van der Waals surface area (Å²) in [5, 5.41) is 10.0. The molecule has 0 spiro atoms. The number of hydrogen-bond donors (Lipinski definition) is 2. The van der Waals surface area contributed by atoms with Crippen LogP contribution in [0.4, 0.5) is 0 Å². The lowest BCUT2D eigenvalue weighted by Crippen LogP contribution is -2.40. The lowest BCUT2D eigenvalue weighted by atomic mass is 10.2. The summed E-state index contributed by atoms with van der Waals surface area (Å²) in [5.74, 6) is 0.270. The second-order valence-corrected chi connectivity index (χ2v) is 7.79. The molecule has 122 valence electrons. The van der Waals surface area contributed by atoms with E-state index < -0.39 is 10.0 Å². The molecule has 2 N–H and O–H groups in total. The third-order valence-electron chi connectivity index (χ3n) is 3.11. The van der Waals surface area contributed by atoms with Crippen LogP contribution in [0.25, 0.3) is 0 Å². The van der Waals surface area contributed by atoms with Gasteiger partial charge < -0.3 is 5.32 Å². The summed E-state index contributed by atoms with van der Waals surface area (Å²) in [4.78, 5) is 0. The van der Waals surface area contributed by atoms with Gasteiger partial charge in [0.25, 0.3) is 10.0 Å². The highest BCUT2D eigenvalue weighted by Gasteiger charge is 2.30. The van der Waals surface area contributed by atoms with Crippen LogP contribution in [-0.2, 0) is 16.6 Å². The van der Waals surface area contributed by atoms with Gasteiger partial charge in [0.15, 0.2) is 5.03 Å². The summed E-state index contributed by atoms with van der Waals surface area (Å²) in [7, 11) is -3.54. The van der Waals surface area contributed by atoms with Gasteiger partial charge in [-0.15, -0.1) is 0 Å². The zero-order valence-electron chi connectivity index (χ0n) is 13.7. The van der Waals surface area contributed by atoms with Gasteiger partial charge in [-0.3, -0.25) is 5.10 Å². The Morgan fingerprint density at radius 3 is 2.52 bits per heavy atom. The maximum atomic E-state index is 12.9. The maximum Gasteiger partial charge on any atom is 0.260 e.